The van der Waals surface area contributed by atoms with Crippen LogP contribution in [0.3, 0.4) is 0 Å². The number of aromatic nitrogens is 2. The van der Waals surface area contributed by atoms with E-state index < -0.39 is 0 Å². The number of hydrogen-bond acceptors (Lipinski definition) is 4. The van der Waals surface area contributed by atoms with E-state index in [-0.39, 0.29) is 5.35 Å². The quantitative estimate of drug-likeness (QED) is 0.632. The lowest BCUT2D eigenvalue weighted by atomic mass is 10.2. The summed E-state index contributed by atoms with van der Waals surface area (Å²) in [5, 5.41) is 8.34. The predicted octanol–water partition coefficient (Wildman–Crippen LogP) is 3.14. The number of hydrogen-bond donors (Lipinski definition) is 0. The fourth-order valence-electron chi connectivity index (χ4n) is 1.46. The molecule has 0 saturated heterocycles. The maximum Gasteiger partial charge on any atom is 0.313 e. The summed E-state index contributed by atoms with van der Waals surface area (Å²) in [7, 11) is 0. The highest BCUT2D eigenvalue weighted by Crippen LogP contribution is 2.29. The van der Waals surface area contributed by atoms with E-state index in [1.807, 2.05) is 24.3 Å². The first-order valence-corrected chi connectivity index (χ1v) is 4.68. The van der Waals surface area contributed by atoms with Crippen LogP contribution >= 0.6 is 11.6 Å². The number of fused-ring (bicyclic) bond motifs is 1. The van der Waals surface area contributed by atoms with E-state index in [1.54, 1.807) is 6.26 Å². The van der Waals surface area contributed by atoms with Gasteiger partial charge in [0.15, 0.2) is 0 Å². The van der Waals surface area contributed by atoms with E-state index in [2.05, 4.69) is 10.2 Å². The van der Waals surface area contributed by atoms with Crippen molar-refractivity contribution >= 4 is 22.6 Å². The van der Waals surface area contributed by atoms with Crippen LogP contribution in [-0.2, 0) is 0 Å². The molecule has 1 aromatic carbocycles. The van der Waals surface area contributed by atoms with Crippen LogP contribution in [0.5, 0.6) is 0 Å². The first kappa shape index (κ1) is 8.49. The van der Waals surface area contributed by atoms with Gasteiger partial charge in [-0.1, -0.05) is 23.3 Å². The van der Waals surface area contributed by atoms with Crippen molar-refractivity contribution in [2.24, 2.45) is 0 Å². The highest BCUT2D eigenvalue weighted by molar-refractivity contribution is 6.27. The molecule has 0 spiro atoms. The van der Waals surface area contributed by atoms with E-state index >= 15 is 0 Å². The molecule has 2 aromatic heterocycles. The molecule has 4 nitrogen and oxygen atoms in total. The minimum absolute atomic E-state index is 0.0234. The molecule has 0 bridgehead atoms. The molecule has 0 unspecified atom stereocenters. The van der Waals surface area contributed by atoms with Crippen LogP contribution in [0.1, 0.15) is 0 Å². The van der Waals surface area contributed by atoms with Gasteiger partial charge in [-0.2, -0.15) is 0 Å². The van der Waals surface area contributed by atoms with Crippen LogP contribution in [0.4, 0.5) is 0 Å². The Morgan fingerprint density at radius 1 is 1.13 bits per heavy atom. The molecule has 0 saturated carbocycles. The minimum atomic E-state index is 0.0234. The third kappa shape index (κ3) is 1.30. The van der Waals surface area contributed by atoms with E-state index in [4.69, 9.17) is 20.4 Å². The highest BCUT2D eigenvalue weighted by Gasteiger charge is 2.13. The zero-order valence-corrected chi connectivity index (χ0v) is 8.23. The van der Waals surface area contributed by atoms with E-state index in [1.165, 1.54) is 0 Å². The second-order valence-corrected chi connectivity index (χ2v) is 3.33. The van der Waals surface area contributed by atoms with Gasteiger partial charge >= 0.3 is 5.35 Å². The second-order valence-electron chi connectivity index (χ2n) is 3.01. The van der Waals surface area contributed by atoms with Crippen LogP contribution in [-0.4, -0.2) is 10.2 Å². The summed E-state index contributed by atoms with van der Waals surface area (Å²) in [5.41, 5.74) is 1.53. The Balaban J connectivity index is 2.27. The Kier molecular flexibility index (Phi) is 1.76. The molecule has 0 aliphatic heterocycles. The van der Waals surface area contributed by atoms with Gasteiger partial charge in [-0.25, -0.2) is 0 Å². The smallest absolute Gasteiger partial charge is 0.313 e. The van der Waals surface area contributed by atoms with Crippen molar-refractivity contribution < 1.29 is 8.83 Å². The molecule has 0 amide bonds. The molecule has 0 aliphatic rings. The summed E-state index contributed by atoms with van der Waals surface area (Å²) >= 11 is 5.56. The molecule has 74 valence electrons. The highest BCUT2D eigenvalue weighted by atomic mass is 35.5. The number of benzene rings is 1. The maximum atomic E-state index is 5.56. The molecule has 5 heteroatoms. The fourth-order valence-corrected chi connectivity index (χ4v) is 1.57. The maximum absolute atomic E-state index is 5.56. The SMILES string of the molecule is Clc1nnc(-c2coc3ccccc23)o1. The van der Waals surface area contributed by atoms with Gasteiger partial charge < -0.3 is 8.83 Å². The van der Waals surface area contributed by atoms with Crippen molar-refractivity contribution in [2.75, 3.05) is 0 Å². The lowest BCUT2D eigenvalue weighted by Crippen LogP contribution is -1.74. The van der Waals surface area contributed by atoms with E-state index in [9.17, 15) is 0 Å². The third-order valence-electron chi connectivity index (χ3n) is 2.11. The molecule has 15 heavy (non-hydrogen) atoms. The molecule has 0 aliphatic carbocycles. The Bertz CT molecular complexity index is 614. The summed E-state index contributed by atoms with van der Waals surface area (Å²) in [4.78, 5) is 0. The summed E-state index contributed by atoms with van der Waals surface area (Å²) in [6.07, 6.45) is 1.58. The second kappa shape index (κ2) is 3.10. The summed E-state index contributed by atoms with van der Waals surface area (Å²) < 4.78 is 10.5. The first-order valence-electron chi connectivity index (χ1n) is 4.30. The Hall–Kier alpha value is -1.81. The van der Waals surface area contributed by atoms with Crippen molar-refractivity contribution in [3.63, 3.8) is 0 Å². The van der Waals surface area contributed by atoms with Gasteiger partial charge in [-0.15, -0.1) is 5.10 Å². The zero-order chi connectivity index (χ0) is 10.3. The molecular weight excluding hydrogens is 216 g/mol. The summed E-state index contributed by atoms with van der Waals surface area (Å²) in [6, 6.07) is 7.61. The van der Waals surface area contributed by atoms with Gasteiger partial charge in [-0.3, -0.25) is 0 Å². The molecule has 3 aromatic rings. The van der Waals surface area contributed by atoms with Crippen molar-refractivity contribution in [3.05, 3.63) is 35.9 Å². The molecule has 2 heterocycles. The predicted molar refractivity (Wildman–Crippen MR) is 54.5 cm³/mol. The lowest BCUT2D eigenvalue weighted by Gasteiger charge is -1.88. The lowest BCUT2D eigenvalue weighted by molar-refractivity contribution is 0.566. The number of para-hydroxylation sites is 1. The summed E-state index contributed by atoms with van der Waals surface area (Å²) in [5.74, 6) is 0.366. The standard InChI is InChI=1S/C10H5ClN2O2/c11-10-13-12-9(15-10)7-5-14-8-4-2-1-3-6(7)8/h1-5H. The van der Waals surface area contributed by atoms with Gasteiger partial charge in [0.05, 0.1) is 5.56 Å². The van der Waals surface area contributed by atoms with E-state index in [0.29, 0.717) is 5.89 Å². The first-order chi connectivity index (χ1) is 7.34. The number of furan rings is 1. The monoisotopic (exact) mass is 220 g/mol. The molecule has 0 radical (unpaired) electrons. The minimum Gasteiger partial charge on any atom is -0.463 e. The number of rotatable bonds is 1. The zero-order valence-electron chi connectivity index (χ0n) is 7.48. The fraction of sp³-hybridized carbons (Fsp3) is 0. The van der Waals surface area contributed by atoms with Gasteiger partial charge in [0.2, 0.25) is 0 Å². The van der Waals surface area contributed by atoms with Crippen molar-refractivity contribution in [1.29, 1.82) is 0 Å². The van der Waals surface area contributed by atoms with Crippen LogP contribution in [0, 0.1) is 0 Å². The Morgan fingerprint density at radius 2 is 2.00 bits per heavy atom. The van der Waals surface area contributed by atoms with Crippen molar-refractivity contribution in [1.82, 2.24) is 10.2 Å². The topological polar surface area (TPSA) is 52.1 Å². The summed E-state index contributed by atoms with van der Waals surface area (Å²) in [6.45, 7) is 0. The number of nitrogens with zero attached hydrogens (tertiary/aromatic N) is 2. The van der Waals surface area contributed by atoms with Crippen LogP contribution < -0.4 is 0 Å². The molecule has 3 rings (SSSR count). The molecule has 0 fully saturated rings. The molecule has 0 atom stereocenters. The number of halogens is 1. The largest absolute Gasteiger partial charge is 0.463 e. The third-order valence-corrected chi connectivity index (χ3v) is 2.26. The van der Waals surface area contributed by atoms with Crippen LogP contribution in [0.25, 0.3) is 22.4 Å². The van der Waals surface area contributed by atoms with Crippen molar-refractivity contribution in [3.8, 4) is 11.5 Å². The average Bonchev–Trinajstić information content (AvgIpc) is 2.83. The molecular formula is C10H5ClN2O2. The normalized spacial score (nSPS) is 11.0. The van der Waals surface area contributed by atoms with Crippen molar-refractivity contribution in [2.45, 2.75) is 0 Å². The Labute approximate surface area is 89.5 Å². The van der Waals surface area contributed by atoms with Gasteiger partial charge in [-0.05, 0) is 17.7 Å². The van der Waals surface area contributed by atoms with Crippen LogP contribution in [0.15, 0.2) is 39.4 Å². The molecule has 0 N–H and O–H groups in total. The average molecular weight is 221 g/mol. The Morgan fingerprint density at radius 3 is 2.80 bits per heavy atom. The van der Waals surface area contributed by atoms with Gasteiger partial charge in [0.25, 0.3) is 5.89 Å². The van der Waals surface area contributed by atoms with E-state index in [0.717, 1.165) is 16.5 Å². The van der Waals surface area contributed by atoms with Gasteiger partial charge in [0, 0.05) is 5.39 Å². The van der Waals surface area contributed by atoms with Crippen LogP contribution in [0.2, 0.25) is 5.35 Å². The van der Waals surface area contributed by atoms with Gasteiger partial charge in [0.1, 0.15) is 11.8 Å².